The summed E-state index contributed by atoms with van der Waals surface area (Å²) in [6.07, 6.45) is 0.372. The van der Waals surface area contributed by atoms with Gasteiger partial charge in [0.15, 0.2) is 0 Å². The van der Waals surface area contributed by atoms with Gasteiger partial charge in [0.2, 0.25) is 5.91 Å². The molecule has 0 aliphatic carbocycles. The molecule has 0 spiro atoms. The summed E-state index contributed by atoms with van der Waals surface area (Å²) in [5.74, 6) is -0.367. The molecule has 1 unspecified atom stereocenters. The molecule has 1 atom stereocenters. The minimum Gasteiger partial charge on any atom is -0.465 e. The van der Waals surface area contributed by atoms with Crippen molar-refractivity contribution in [2.75, 3.05) is 25.1 Å². The zero-order valence-corrected chi connectivity index (χ0v) is 11.9. The molecule has 1 aliphatic heterocycles. The van der Waals surface area contributed by atoms with E-state index < -0.39 is 5.97 Å². The summed E-state index contributed by atoms with van der Waals surface area (Å²) < 4.78 is 4.67. The summed E-state index contributed by atoms with van der Waals surface area (Å²) in [7, 11) is 1.33. The summed E-state index contributed by atoms with van der Waals surface area (Å²) >= 11 is 0. The van der Waals surface area contributed by atoms with Crippen LogP contribution in [0.1, 0.15) is 22.3 Å². The number of hydrogen-bond donors (Lipinski definition) is 0. The maximum Gasteiger partial charge on any atom is 0.337 e. The molecule has 7 heteroatoms. The van der Waals surface area contributed by atoms with Gasteiger partial charge in [-0.15, -0.1) is 0 Å². The van der Waals surface area contributed by atoms with Gasteiger partial charge in [0, 0.05) is 30.1 Å². The van der Waals surface area contributed by atoms with Crippen LogP contribution in [-0.2, 0) is 9.53 Å². The molecule has 110 valence electrons. The number of esters is 1. The van der Waals surface area contributed by atoms with Crippen molar-refractivity contribution in [1.29, 1.82) is 0 Å². The first-order valence-corrected chi connectivity index (χ1v) is 6.57. The van der Waals surface area contributed by atoms with Gasteiger partial charge in [-0.2, -0.15) is 0 Å². The normalized spacial score (nSPS) is 17.5. The Bertz CT molecular complexity index is 623. The van der Waals surface area contributed by atoms with Gasteiger partial charge in [0.05, 0.1) is 12.7 Å². The van der Waals surface area contributed by atoms with Gasteiger partial charge < -0.3 is 9.64 Å². The Balaban J connectivity index is 2.20. The number of benzene rings is 1. The van der Waals surface area contributed by atoms with E-state index in [9.17, 15) is 9.59 Å². The number of amides is 1. The maximum atomic E-state index is 12.1. The van der Waals surface area contributed by atoms with E-state index in [1.54, 1.807) is 23.1 Å². The molecular formula is C14H16N4O3. The number of anilines is 1. The number of azide groups is 1. The fourth-order valence-corrected chi connectivity index (χ4v) is 2.49. The molecule has 1 aromatic rings. The molecular weight excluding hydrogens is 272 g/mol. The molecule has 0 radical (unpaired) electrons. The van der Waals surface area contributed by atoms with E-state index in [0.717, 1.165) is 11.3 Å². The van der Waals surface area contributed by atoms with Crippen LogP contribution in [0, 0.1) is 12.8 Å². The van der Waals surface area contributed by atoms with Crippen LogP contribution in [0.4, 0.5) is 5.69 Å². The third-order valence-electron chi connectivity index (χ3n) is 3.52. The van der Waals surface area contributed by atoms with Crippen LogP contribution in [0.5, 0.6) is 0 Å². The topological polar surface area (TPSA) is 95.4 Å². The molecule has 1 aliphatic rings. The average Bonchev–Trinajstić information content (AvgIpc) is 2.85. The molecule has 2 rings (SSSR count). The average molecular weight is 288 g/mol. The highest BCUT2D eigenvalue weighted by atomic mass is 16.5. The van der Waals surface area contributed by atoms with E-state index >= 15 is 0 Å². The SMILES string of the molecule is COC(=O)c1ccc(N2CC(CN=[N+]=[N-])CC2=O)c(C)c1. The van der Waals surface area contributed by atoms with Crippen LogP contribution < -0.4 is 4.90 Å². The Morgan fingerprint density at radius 2 is 2.33 bits per heavy atom. The van der Waals surface area contributed by atoms with E-state index in [1.807, 2.05) is 6.92 Å². The molecule has 0 saturated carbocycles. The first kappa shape index (κ1) is 14.9. The highest BCUT2D eigenvalue weighted by Crippen LogP contribution is 2.28. The van der Waals surface area contributed by atoms with Crippen LogP contribution in [0.15, 0.2) is 23.3 Å². The van der Waals surface area contributed by atoms with Crippen molar-refractivity contribution >= 4 is 17.6 Å². The maximum absolute atomic E-state index is 12.1. The minimum atomic E-state index is -0.404. The lowest BCUT2D eigenvalue weighted by Gasteiger charge is -2.19. The van der Waals surface area contributed by atoms with Crippen LogP contribution in [0.3, 0.4) is 0 Å². The van der Waals surface area contributed by atoms with Crippen molar-refractivity contribution in [1.82, 2.24) is 0 Å². The van der Waals surface area contributed by atoms with E-state index in [2.05, 4.69) is 14.8 Å². The van der Waals surface area contributed by atoms with Gasteiger partial charge in [-0.3, -0.25) is 4.79 Å². The van der Waals surface area contributed by atoms with E-state index in [4.69, 9.17) is 5.53 Å². The molecule has 1 fully saturated rings. The van der Waals surface area contributed by atoms with Crippen LogP contribution >= 0.6 is 0 Å². The highest BCUT2D eigenvalue weighted by molar-refractivity contribution is 5.97. The largest absolute Gasteiger partial charge is 0.465 e. The van der Waals surface area contributed by atoms with Gasteiger partial charge in [0.25, 0.3) is 0 Å². The summed E-state index contributed by atoms with van der Waals surface area (Å²) in [5, 5.41) is 3.53. The van der Waals surface area contributed by atoms with Crippen molar-refractivity contribution in [2.45, 2.75) is 13.3 Å². The minimum absolute atomic E-state index is 0.00191. The van der Waals surface area contributed by atoms with Crippen molar-refractivity contribution in [3.05, 3.63) is 39.8 Å². The Morgan fingerprint density at radius 3 is 2.95 bits per heavy atom. The van der Waals surface area contributed by atoms with Crippen molar-refractivity contribution in [3.8, 4) is 0 Å². The fourth-order valence-electron chi connectivity index (χ4n) is 2.49. The van der Waals surface area contributed by atoms with Gasteiger partial charge in [-0.25, -0.2) is 4.79 Å². The molecule has 21 heavy (non-hydrogen) atoms. The zero-order valence-electron chi connectivity index (χ0n) is 11.9. The van der Waals surface area contributed by atoms with Gasteiger partial charge in [0.1, 0.15) is 0 Å². The van der Waals surface area contributed by atoms with Crippen molar-refractivity contribution in [2.24, 2.45) is 11.0 Å². The lowest BCUT2D eigenvalue weighted by molar-refractivity contribution is -0.117. The monoisotopic (exact) mass is 288 g/mol. The summed E-state index contributed by atoms with van der Waals surface area (Å²) in [4.78, 5) is 28.0. The second kappa shape index (κ2) is 6.28. The third kappa shape index (κ3) is 3.14. The van der Waals surface area contributed by atoms with Crippen LogP contribution in [-0.4, -0.2) is 32.1 Å². The second-order valence-electron chi connectivity index (χ2n) is 4.98. The number of carbonyl (C=O) groups excluding carboxylic acids is 2. The van der Waals surface area contributed by atoms with E-state index in [0.29, 0.717) is 25.1 Å². The molecule has 0 aromatic heterocycles. The molecule has 1 amide bonds. The third-order valence-corrected chi connectivity index (χ3v) is 3.52. The predicted octanol–water partition coefficient (Wildman–Crippen LogP) is 2.44. The van der Waals surface area contributed by atoms with E-state index in [1.165, 1.54) is 7.11 Å². The number of rotatable bonds is 4. The molecule has 0 bridgehead atoms. The first-order valence-electron chi connectivity index (χ1n) is 6.57. The number of nitrogens with zero attached hydrogens (tertiary/aromatic N) is 4. The number of aryl methyl sites for hydroxylation is 1. The highest BCUT2D eigenvalue weighted by Gasteiger charge is 2.30. The van der Waals surface area contributed by atoms with Gasteiger partial charge in [-0.1, -0.05) is 5.11 Å². The number of carbonyl (C=O) groups is 2. The molecule has 1 heterocycles. The molecule has 1 saturated heterocycles. The zero-order chi connectivity index (χ0) is 15.4. The number of ether oxygens (including phenoxy) is 1. The van der Waals surface area contributed by atoms with Crippen molar-refractivity contribution < 1.29 is 14.3 Å². The standard InChI is InChI=1S/C14H16N4O3/c1-9-5-11(14(20)21-2)3-4-12(9)18-8-10(6-13(18)19)7-16-17-15/h3-5,10H,6-8H2,1-2H3. The lowest BCUT2D eigenvalue weighted by atomic mass is 10.1. The van der Waals surface area contributed by atoms with Gasteiger partial charge in [-0.05, 0) is 42.1 Å². The predicted molar refractivity (Wildman–Crippen MR) is 77.0 cm³/mol. The number of methoxy groups -OCH3 is 1. The summed E-state index contributed by atoms with van der Waals surface area (Å²) in [6.45, 7) is 2.68. The van der Waals surface area contributed by atoms with Crippen LogP contribution in [0.2, 0.25) is 0 Å². The Morgan fingerprint density at radius 1 is 1.57 bits per heavy atom. The van der Waals surface area contributed by atoms with E-state index in [-0.39, 0.29) is 11.8 Å². The fraction of sp³-hybridized carbons (Fsp3) is 0.429. The number of hydrogen-bond acceptors (Lipinski definition) is 4. The second-order valence-corrected chi connectivity index (χ2v) is 4.98. The summed E-state index contributed by atoms with van der Waals surface area (Å²) in [5.41, 5.74) is 10.4. The Hall–Kier alpha value is -2.53. The van der Waals surface area contributed by atoms with Crippen molar-refractivity contribution in [3.63, 3.8) is 0 Å². The molecule has 1 aromatic carbocycles. The summed E-state index contributed by atoms with van der Waals surface area (Å²) in [6, 6.07) is 5.09. The van der Waals surface area contributed by atoms with Gasteiger partial charge >= 0.3 is 5.97 Å². The Kier molecular flexibility index (Phi) is 4.45. The van der Waals surface area contributed by atoms with Crippen LogP contribution in [0.25, 0.3) is 10.4 Å². The smallest absolute Gasteiger partial charge is 0.337 e. The quantitative estimate of drug-likeness (QED) is 0.368. The molecule has 7 nitrogen and oxygen atoms in total. The Labute approximate surface area is 122 Å². The lowest BCUT2D eigenvalue weighted by Crippen LogP contribution is -2.25. The molecule has 0 N–H and O–H groups in total. The first-order chi connectivity index (χ1) is 10.1.